The van der Waals surface area contributed by atoms with Crippen molar-refractivity contribution in [1.29, 1.82) is 0 Å². The number of nitrogens with two attached hydrogens (primary N) is 1. The molecule has 0 saturated carbocycles. The van der Waals surface area contributed by atoms with E-state index in [1.807, 2.05) is 5.43 Å². The Bertz CT molecular complexity index is 597. The Morgan fingerprint density at radius 3 is 3.00 bits per heavy atom. The van der Waals surface area contributed by atoms with E-state index in [9.17, 15) is 9.59 Å². The van der Waals surface area contributed by atoms with Crippen molar-refractivity contribution in [3.63, 3.8) is 0 Å². The monoisotopic (exact) mass is 254 g/mol. The van der Waals surface area contributed by atoms with Gasteiger partial charge in [0, 0.05) is 12.4 Å². The number of nitrogen functional groups attached to an aromatic ring is 1. The molecule has 0 spiro atoms. The normalized spacial score (nSPS) is 10.5. The highest BCUT2D eigenvalue weighted by molar-refractivity contribution is 7.11. The molecule has 8 nitrogen and oxygen atoms in total. The van der Waals surface area contributed by atoms with Crippen molar-refractivity contribution < 1.29 is 4.79 Å². The summed E-state index contributed by atoms with van der Waals surface area (Å²) in [6, 6.07) is 0. The fraction of sp³-hybridized carbons (Fsp3) is 0.250. The van der Waals surface area contributed by atoms with E-state index in [2.05, 4.69) is 10.1 Å². The van der Waals surface area contributed by atoms with Crippen LogP contribution in [0.25, 0.3) is 0 Å². The number of carbonyl (C=O) groups excluding carboxylic acids is 1. The van der Waals surface area contributed by atoms with Gasteiger partial charge in [-0.05, 0) is 0 Å². The molecule has 0 aliphatic rings. The molecule has 0 atom stereocenters. The van der Waals surface area contributed by atoms with E-state index in [0.29, 0.717) is 5.69 Å². The molecule has 0 aliphatic carbocycles. The fourth-order valence-corrected chi connectivity index (χ4v) is 1.94. The van der Waals surface area contributed by atoms with Crippen molar-refractivity contribution >= 4 is 17.2 Å². The van der Waals surface area contributed by atoms with Gasteiger partial charge in [-0.15, -0.1) is 11.3 Å². The molecule has 2 aromatic rings. The van der Waals surface area contributed by atoms with Gasteiger partial charge in [0.1, 0.15) is 6.33 Å². The Labute approximate surface area is 99.7 Å². The first-order valence-corrected chi connectivity index (χ1v) is 5.53. The molecule has 0 unspecified atom stereocenters. The lowest BCUT2D eigenvalue weighted by Gasteiger charge is -1.95. The lowest BCUT2D eigenvalue weighted by Crippen LogP contribution is -2.30. The quantitative estimate of drug-likeness (QED) is 0.401. The molecule has 17 heavy (non-hydrogen) atoms. The molecular formula is C8H10N6O2S. The van der Waals surface area contributed by atoms with Gasteiger partial charge in [0.05, 0.1) is 12.2 Å². The van der Waals surface area contributed by atoms with E-state index in [-0.39, 0.29) is 17.2 Å². The standard InChI is InChI=1S/C8H10N6O2S/c1-13-4-10-14(8(13)16)2-5-3-17-7(11-5)6(15)12-9/h3-4H,2,9H2,1H3,(H,12,15). The molecule has 0 saturated heterocycles. The van der Waals surface area contributed by atoms with Gasteiger partial charge in [-0.25, -0.2) is 20.3 Å². The topological polar surface area (TPSA) is 108 Å². The number of hydrogen-bond donors (Lipinski definition) is 2. The molecule has 2 heterocycles. The second-order valence-corrected chi connectivity index (χ2v) is 4.16. The van der Waals surface area contributed by atoms with Gasteiger partial charge in [-0.3, -0.25) is 14.8 Å². The second kappa shape index (κ2) is 4.47. The molecule has 0 radical (unpaired) electrons. The van der Waals surface area contributed by atoms with Crippen LogP contribution in [0.2, 0.25) is 0 Å². The highest BCUT2D eigenvalue weighted by Gasteiger charge is 2.11. The summed E-state index contributed by atoms with van der Waals surface area (Å²) < 4.78 is 2.62. The largest absolute Gasteiger partial charge is 0.345 e. The Hall–Kier alpha value is -2.00. The molecule has 9 heteroatoms. The third kappa shape index (κ3) is 2.24. The molecule has 3 N–H and O–H groups in total. The van der Waals surface area contributed by atoms with Crippen molar-refractivity contribution in [3.8, 4) is 0 Å². The number of nitrogens with zero attached hydrogens (tertiary/aromatic N) is 4. The van der Waals surface area contributed by atoms with E-state index < -0.39 is 5.91 Å². The Balaban J connectivity index is 2.20. The predicted molar refractivity (Wildman–Crippen MR) is 60.3 cm³/mol. The molecule has 2 rings (SSSR count). The maximum Gasteiger partial charge on any atom is 0.345 e. The van der Waals surface area contributed by atoms with Gasteiger partial charge in [-0.2, -0.15) is 5.10 Å². The van der Waals surface area contributed by atoms with Crippen LogP contribution in [0.15, 0.2) is 16.5 Å². The smallest absolute Gasteiger partial charge is 0.288 e. The van der Waals surface area contributed by atoms with Crippen LogP contribution in [0.5, 0.6) is 0 Å². The minimum Gasteiger partial charge on any atom is -0.288 e. The number of carbonyl (C=O) groups is 1. The molecule has 0 aliphatic heterocycles. The molecule has 0 fully saturated rings. The zero-order valence-electron chi connectivity index (χ0n) is 8.95. The maximum absolute atomic E-state index is 11.5. The third-order valence-corrected chi connectivity index (χ3v) is 2.97. The Morgan fingerprint density at radius 2 is 2.41 bits per heavy atom. The van der Waals surface area contributed by atoms with E-state index in [1.54, 1.807) is 12.4 Å². The van der Waals surface area contributed by atoms with Crippen molar-refractivity contribution in [1.82, 2.24) is 24.8 Å². The summed E-state index contributed by atoms with van der Waals surface area (Å²) in [5.41, 5.74) is 2.35. The lowest BCUT2D eigenvalue weighted by atomic mass is 10.5. The van der Waals surface area contributed by atoms with Gasteiger partial charge in [0.15, 0.2) is 5.01 Å². The van der Waals surface area contributed by atoms with Crippen molar-refractivity contribution in [2.24, 2.45) is 12.9 Å². The Kier molecular flexibility index (Phi) is 3.02. The van der Waals surface area contributed by atoms with Crippen LogP contribution in [0.3, 0.4) is 0 Å². The number of hydrazine groups is 1. The zero-order chi connectivity index (χ0) is 12.4. The summed E-state index contributed by atoms with van der Waals surface area (Å²) in [5, 5.41) is 5.83. The number of hydrogen-bond acceptors (Lipinski definition) is 6. The molecule has 2 aromatic heterocycles. The fourth-order valence-electron chi connectivity index (χ4n) is 1.23. The van der Waals surface area contributed by atoms with Crippen LogP contribution in [0, 0.1) is 0 Å². The first-order chi connectivity index (χ1) is 8.11. The minimum absolute atomic E-state index is 0.230. The van der Waals surface area contributed by atoms with Gasteiger partial charge in [0.25, 0.3) is 5.91 Å². The van der Waals surface area contributed by atoms with Crippen molar-refractivity contribution in [2.45, 2.75) is 6.54 Å². The van der Waals surface area contributed by atoms with Crippen LogP contribution in [-0.2, 0) is 13.6 Å². The van der Waals surface area contributed by atoms with Crippen LogP contribution in [0.4, 0.5) is 0 Å². The molecular weight excluding hydrogens is 244 g/mol. The SMILES string of the molecule is Cn1cnn(Cc2csc(C(=O)NN)n2)c1=O. The number of rotatable bonds is 3. The van der Waals surface area contributed by atoms with E-state index in [0.717, 1.165) is 11.3 Å². The maximum atomic E-state index is 11.5. The van der Waals surface area contributed by atoms with Crippen LogP contribution < -0.4 is 17.0 Å². The van der Waals surface area contributed by atoms with Crippen molar-refractivity contribution in [2.75, 3.05) is 0 Å². The summed E-state index contributed by atoms with van der Waals surface area (Å²) in [4.78, 5) is 26.7. The van der Waals surface area contributed by atoms with Gasteiger partial charge < -0.3 is 0 Å². The lowest BCUT2D eigenvalue weighted by molar-refractivity contribution is 0.0953. The van der Waals surface area contributed by atoms with Crippen LogP contribution in [-0.4, -0.2) is 25.2 Å². The first kappa shape index (κ1) is 11.5. The second-order valence-electron chi connectivity index (χ2n) is 3.30. The third-order valence-electron chi connectivity index (χ3n) is 2.08. The van der Waals surface area contributed by atoms with Crippen LogP contribution in [0.1, 0.15) is 15.5 Å². The van der Waals surface area contributed by atoms with E-state index in [1.165, 1.54) is 15.6 Å². The summed E-state index contributed by atoms with van der Waals surface area (Å²) in [6.45, 7) is 0.230. The number of aromatic nitrogens is 4. The number of aryl methyl sites for hydroxylation is 1. The average molecular weight is 254 g/mol. The average Bonchev–Trinajstić information content (AvgIpc) is 2.91. The van der Waals surface area contributed by atoms with Crippen LogP contribution >= 0.6 is 11.3 Å². The highest BCUT2D eigenvalue weighted by atomic mass is 32.1. The molecule has 0 bridgehead atoms. The highest BCUT2D eigenvalue weighted by Crippen LogP contribution is 2.09. The molecule has 1 amide bonds. The first-order valence-electron chi connectivity index (χ1n) is 4.65. The summed E-state index contributed by atoms with van der Waals surface area (Å²) >= 11 is 1.16. The Morgan fingerprint density at radius 1 is 1.65 bits per heavy atom. The number of nitrogens with one attached hydrogen (secondary N) is 1. The minimum atomic E-state index is -0.449. The van der Waals surface area contributed by atoms with Crippen molar-refractivity contribution in [3.05, 3.63) is 32.9 Å². The predicted octanol–water partition coefficient (Wildman–Crippen LogP) is -1.31. The van der Waals surface area contributed by atoms with E-state index in [4.69, 9.17) is 5.84 Å². The summed E-state index contributed by atoms with van der Waals surface area (Å²) in [7, 11) is 1.61. The van der Waals surface area contributed by atoms with Gasteiger partial charge in [0.2, 0.25) is 0 Å². The van der Waals surface area contributed by atoms with E-state index >= 15 is 0 Å². The number of amides is 1. The molecule has 0 aromatic carbocycles. The zero-order valence-corrected chi connectivity index (χ0v) is 9.77. The number of thiazole rings is 1. The summed E-state index contributed by atoms with van der Waals surface area (Å²) in [6.07, 6.45) is 1.42. The summed E-state index contributed by atoms with van der Waals surface area (Å²) in [5.74, 6) is 4.54. The van der Waals surface area contributed by atoms with Gasteiger partial charge in [-0.1, -0.05) is 0 Å². The van der Waals surface area contributed by atoms with Gasteiger partial charge >= 0.3 is 5.69 Å². The molecule has 90 valence electrons.